The summed E-state index contributed by atoms with van der Waals surface area (Å²) in [6.07, 6.45) is -0.496. The van der Waals surface area contributed by atoms with Crippen molar-refractivity contribution in [1.29, 1.82) is 0 Å². The molecule has 0 N–H and O–H groups in total. The third-order valence-corrected chi connectivity index (χ3v) is 5.63. The zero-order valence-corrected chi connectivity index (χ0v) is 18.5. The predicted octanol–water partition coefficient (Wildman–Crippen LogP) is 3.70. The van der Waals surface area contributed by atoms with Crippen molar-refractivity contribution in [1.82, 2.24) is 15.0 Å². The molecule has 1 aromatic carbocycles. The molecule has 6 heteroatoms. The molecule has 1 atom stereocenters. The lowest BCUT2D eigenvalue weighted by atomic mass is 9.87. The quantitative estimate of drug-likeness (QED) is 0.767. The van der Waals surface area contributed by atoms with Crippen LogP contribution in [0.3, 0.4) is 0 Å². The molecule has 2 heterocycles. The van der Waals surface area contributed by atoms with Gasteiger partial charge in [0, 0.05) is 38.3 Å². The number of aromatic nitrogens is 1. The number of rotatable bonds is 5. The first-order chi connectivity index (χ1) is 13.6. The van der Waals surface area contributed by atoms with Crippen LogP contribution in [-0.2, 0) is 16.8 Å². The number of benzene rings is 1. The van der Waals surface area contributed by atoms with E-state index < -0.39 is 6.10 Å². The van der Waals surface area contributed by atoms with E-state index in [9.17, 15) is 4.79 Å². The van der Waals surface area contributed by atoms with Crippen molar-refractivity contribution in [2.45, 2.75) is 59.6 Å². The van der Waals surface area contributed by atoms with Gasteiger partial charge < -0.3 is 14.2 Å². The van der Waals surface area contributed by atoms with Crippen molar-refractivity contribution < 1.29 is 14.1 Å². The number of piperazine rings is 1. The molecule has 1 aliphatic rings. The molecule has 1 aliphatic heterocycles. The Morgan fingerprint density at radius 1 is 1.14 bits per heavy atom. The zero-order valence-electron chi connectivity index (χ0n) is 18.5. The molecule has 3 rings (SSSR count). The highest BCUT2D eigenvalue weighted by molar-refractivity contribution is 5.81. The second-order valence-electron chi connectivity index (χ2n) is 8.94. The van der Waals surface area contributed by atoms with Gasteiger partial charge in [-0.3, -0.25) is 9.69 Å². The second-order valence-corrected chi connectivity index (χ2v) is 8.94. The monoisotopic (exact) mass is 399 g/mol. The van der Waals surface area contributed by atoms with Crippen LogP contribution in [0.25, 0.3) is 0 Å². The van der Waals surface area contributed by atoms with E-state index in [1.54, 1.807) is 0 Å². The third kappa shape index (κ3) is 5.18. The van der Waals surface area contributed by atoms with E-state index in [2.05, 4.69) is 43.0 Å². The van der Waals surface area contributed by atoms with E-state index in [0.29, 0.717) is 13.1 Å². The Labute approximate surface area is 173 Å². The molecule has 1 unspecified atom stereocenters. The van der Waals surface area contributed by atoms with Crippen LogP contribution in [-0.4, -0.2) is 53.1 Å². The van der Waals surface area contributed by atoms with Crippen molar-refractivity contribution in [3.05, 3.63) is 46.8 Å². The van der Waals surface area contributed by atoms with Crippen LogP contribution in [0.1, 0.15) is 50.3 Å². The molecule has 0 bridgehead atoms. The van der Waals surface area contributed by atoms with Crippen LogP contribution in [0, 0.1) is 13.8 Å². The first kappa shape index (κ1) is 21.4. The molecule has 1 aromatic heterocycles. The number of ether oxygens (including phenoxy) is 1. The van der Waals surface area contributed by atoms with E-state index in [4.69, 9.17) is 9.26 Å². The highest BCUT2D eigenvalue weighted by Gasteiger charge is 2.27. The Bertz CT molecular complexity index is 809. The van der Waals surface area contributed by atoms with Gasteiger partial charge in [0.2, 0.25) is 0 Å². The summed E-state index contributed by atoms with van der Waals surface area (Å²) < 4.78 is 11.2. The lowest BCUT2D eigenvalue weighted by molar-refractivity contribution is -0.139. The first-order valence-corrected chi connectivity index (χ1v) is 10.3. The van der Waals surface area contributed by atoms with Crippen molar-refractivity contribution in [3.8, 4) is 5.75 Å². The van der Waals surface area contributed by atoms with Gasteiger partial charge in [-0.05, 0) is 43.9 Å². The van der Waals surface area contributed by atoms with E-state index in [-0.39, 0.29) is 11.3 Å². The van der Waals surface area contributed by atoms with Gasteiger partial charge in [-0.25, -0.2) is 0 Å². The van der Waals surface area contributed by atoms with Crippen molar-refractivity contribution >= 4 is 5.91 Å². The SMILES string of the molecule is Cc1noc(C)c1CN1CCN(C(=O)C(C)Oc2ccc(C(C)(C)C)cc2)CC1. The summed E-state index contributed by atoms with van der Waals surface area (Å²) >= 11 is 0. The molecular formula is C23H33N3O3. The Balaban J connectivity index is 1.51. The van der Waals surface area contributed by atoms with Crippen LogP contribution in [0.5, 0.6) is 5.75 Å². The minimum atomic E-state index is -0.496. The number of carbonyl (C=O) groups excluding carboxylic acids is 1. The van der Waals surface area contributed by atoms with Gasteiger partial charge in [-0.15, -0.1) is 0 Å². The molecule has 1 fully saturated rings. The summed E-state index contributed by atoms with van der Waals surface area (Å²) in [5.74, 6) is 1.65. The fourth-order valence-electron chi connectivity index (χ4n) is 3.62. The summed E-state index contributed by atoms with van der Waals surface area (Å²) in [7, 11) is 0. The number of carbonyl (C=O) groups is 1. The van der Waals surface area contributed by atoms with Crippen LogP contribution in [0.15, 0.2) is 28.8 Å². The maximum atomic E-state index is 12.8. The van der Waals surface area contributed by atoms with Crippen LogP contribution in [0.4, 0.5) is 0 Å². The smallest absolute Gasteiger partial charge is 0.263 e. The van der Waals surface area contributed by atoms with Gasteiger partial charge in [0.25, 0.3) is 5.91 Å². The molecule has 158 valence electrons. The Morgan fingerprint density at radius 3 is 2.28 bits per heavy atom. The summed E-state index contributed by atoms with van der Waals surface area (Å²) in [5.41, 5.74) is 3.45. The molecule has 0 saturated carbocycles. The molecule has 29 heavy (non-hydrogen) atoms. The summed E-state index contributed by atoms with van der Waals surface area (Å²) in [6, 6.07) is 8.04. The molecular weight excluding hydrogens is 366 g/mol. The number of hydrogen-bond acceptors (Lipinski definition) is 5. The molecule has 0 aliphatic carbocycles. The standard InChI is InChI=1S/C23H33N3O3/c1-16-21(17(2)29-24-16)15-25-11-13-26(14-12-25)22(27)18(3)28-20-9-7-19(8-10-20)23(4,5)6/h7-10,18H,11-15H2,1-6H3. The predicted molar refractivity (Wildman–Crippen MR) is 113 cm³/mol. The molecule has 1 saturated heterocycles. The van der Waals surface area contributed by atoms with Gasteiger partial charge in [-0.1, -0.05) is 38.1 Å². The van der Waals surface area contributed by atoms with Crippen molar-refractivity contribution in [2.75, 3.05) is 26.2 Å². The molecule has 6 nitrogen and oxygen atoms in total. The first-order valence-electron chi connectivity index (χ1n) is 10.3. The average molecular weight is 400 g/mol. The maximum absolute atomic E-state index is 12.8. The average Bonchev–Trinajstić information content (AvgIpc) is 2.99. The second kappa shape index (κ2) is 8.57. The maximum Gasteiger partial charge on any atom is 0.263 e. The van der Waals surface area contributed by atoms with Gasteiger partial charge in [0.15, 0.2) is 6.10 Å². The van der Waals surface area contributed by atoms with Crippen LogP contribution in [0.2, 0.25) is 0 Å². The van der Waals surface area contributed by atoms with E-state index in [1.807, 2.05) is 37.8 Å². The van der Waals surface area contributed by atoms with Crippen LogP contribution < -0.4 is 4.74 Å². The van der Waals surface area contributed by atoms with Gasteiger partial charge >= 0.3 is 0 Å². The normalized spacial score (nSPS) is 16.7. The summed E-state index contributed by atoms with van der Waals surface area (Å²) in [6.45, 7) is 16.2. The van der Waals surface area contributed by atoms with Gasteiger partial charge in [-0.2, -0.15) is 0 Å². The van der Waals surface area contributed by atoms with Gasteiger partial charge in [0.1, 0.15) is 11.5 Å². The van der Waals surface area contributed by atoms with Crippen molar-refractivity contribution in [3.63, 3.8) is 0 Å². The van der Waals surface area contributed by atoms with E-state index in [0.717, 1.165) is 42.4 Å². The van der Waals surface area contributed by atoms with E-state index >= 15 is 0 Å². The highest BCUT2D eigenvalue weighted by Crippen LogP contribution is 2.25. The van der Waals surface area contributed by atoms with Crippen LogP contribution >= 0.6 is 0 Å². The third-order valence-electron chi connectivity index (χ3n) is 5.63. The lowest BCUT2D eigenvalue weighted by Crippen LogP contribution is -2.51. The van der Waals surface area contributed by atoms with E-state index in [1.165, 1.54) is 5.56 Å². The Kier molecular flexibility index (Phi) is 6.32. The fraction of sp³-hybridized carbons (Fsp3) is 0.565. The lowest BCUT2D eigenvalue weighted by Gasteiger charge is -2.35. The topological polar surface area (TPSA) is 58.8 Å². The Morgan fingerprint density at radius 2 is 1.76 bits per heavy atom. The number of hydrogen-bond donors (Lipinski definition) is 0. The highest BCUT2D eigenvalue weighted by atomic mass is 16.5. The largest absolute Gasteiger partial charge is 0.481 e. The number of aryl methyl sites for hydroxylation is 2. The molecule has 0 spiro atoms. The summed E-state index contributed by atoms with van der Waals surface area (Å²) in [5, 5.41) is 4.02. The molecule has 2 aromatic rings. The molecule has 1 amide bonds. The van der Waals surface area contributed by atoms with Gasteiger partial charge in [0.05, 0.1) is 5.69 Å². The van der Waals surface area contributed by atoms with Crippen molar-refractivity contribution in [2.24, 2.45) is 0 Å². The fourth-order valence-corrected chi connectivity index (χ4v) is 3.62. The number of nitrogens with zero attached hydrogens (tertiary/aromatic N) is 3. The minimum Gasteiger partial charge on any atom is -0.481 e. The zero-order chi connectivity index (χ0) is 21.2. The minimum absolute atomic E-state index is 0.0434. The number of amides is 1. The molecule has 0 radical (unpaired) electrons. The summed E-state index contributed by atoms with van der Waals surface area (Å²) in [4.78, 5) is 17.1. The Hall–Kier alpha value is -2.34.